The molecule has 0 saturated carbocycles. The molecule has 3 rings (SSSR count). The fourth-order valence-corrected chi connectivity index (χ4v) is 3.67. The van der Waals surface area contributed by atoms with Crippen molar-refractivity contribution >= 4 is 17.5 Å². The topological polar surface area (TPSA) is 72.0 Å². The van der Waals surface area contributed by atoms with E-state index in [1.165, 1.54) is 36.0 Å². The maximum Gasteiger partial charge on any atom is 0.255 e. The van der Waals surface area contributed by atoms with Crippen molar-refractivity contribution in [3.05, 3.63) is 87.1 Å². The van der Waals surface area contributed by atoms with Crippen molar-refractivity contribution in [2.45, 2.75) is 30.7 Å². The van der Waals surface area contributed by atoms with Crippen LogP contribution in [-0.2, 0) is 5.75 Å². The van der Waals surface area contributed by atoms with Crippen LogP contribution in [0.1, 0.15) is 46.9 Å². The Balaban J connectivity index is 1.92. The van der Waals surface area contributed by atoms with E-state index in [0.717, 1.165) is 11.3 Å². The average molecular weight is 412 g/mol. The third-order valence-electron chi connectivity index (χ3n) is 4.37. The zero-order chi connectivity index (χ0) is 21.0. The van der Waals surface area contributed by atoms with Gasteiger partial charge in [-0.2, -0.15) is 0 Å². The molecule has 0 aliphatic heterocycles. The summed E-state index contributed by atoms with van der Waals surface area (Å²) in [5.41, 5.74) is 1.41. The summed E-state index contributed by atoms with van der Waals surface area (Å²) in [5, 5.41) is 0.362. The highest BCUT2D eigenvalue weighted by atomic mass is 32.2. The van der Waals surface area contributed by atoms with Crippen molar-refractivity contribution < 1.29 is 13.9 Å². The van der Waals surface area contributed by atoms with E-state index in [9.17, 15) is 14.0 Å². The summed E-state index contributed by atoms with van der Waals surface area (Å²) in [6, 6.07) is 12.8. The molecule has 0 aliphatic carbocycles. The molecule has 0 atom stereocenters. The summed E-state index contributed by atoms with van der Waals surface area (Å²) in [7, 11) is 1.61. The number of ketones is 1. The van der Waals surface area contributed by atoms with Crippen molar-refractivity contribution in [1.29, 1.82) is 0 Å². The number of aromatic nitrogens is 2. The first kappa shape index (κ1) is 20.8. The molecule has 0 fully saturated rings. The van der Waals surface area contributed by atoms with Crippen LogP contribution in [0.4, 0.5) is 4.39 Å². The number of benzene rings is 2. The first-order valence-corrected chi connectivity index (χ1v) is 10.1. The highest BCUT2D eigenvalue weighted by Gasteiger charge is 2.22. The van der Waals surface area contributed by atoms with E-state index in [2.05, 4.69) is 9.97 Å². The fourth-order valence-electron chi connectivity index (χ4n) is 2.85. The maximum atomic E-state index is 13.2. The number of H-pyrrole nitrogens is 1. The quantitative estimate of drug-likeness (QED) is 0.350. The predicted molar refractivity (Wildman–Crippen MR) is 111 cm³/mol. The van der Waals surface area contributed by atoms with Gasteiger partial charge in [0.2, 0.25) is 5.78 Å². The first-order valence-electron chi connectivity index (χ1n) is 9.09. The van der Waals surface area contributed by atoms with Gasteiger partial charge in [-0.3, -0.25) is 9.59 Å². The van der Waals surface area contributed by atoms with Crippen molar-refractivity contribution in [3.63, 3.8) is 0 Å². The van der Waals surface area contributed by atoms with Crippen molar-refractivity contribution in [1.82, 2.24) is 9.97 Å². The molecule has 2 aromatic carbocycles. The molecule has 150 valence electrons. The van der Waals surface area contributed by atoms with Crippen LogP contribution in [0.3, 0.4) is 0 Å². The van der Waals surface area contributed by atoms with Crippen LogP contribution in [0.2, 0.25) is 0 Å². The van der Waals surface area contributed by atoms with Crippen LogP contribution in [0.25, 0.3) is 0 Å². The van der Waals surface area contributed by atoms with Gasteiger partial charge in [0.05, 0.1) is 7.11 Å². The molecule has 0 saturated heterocycles. The highest BCUT2D eigenvalue weighted by molar-refractivity contribution is 7.98. The molecule has 7 heteroatoms. The number of ether oxygens (including phenoxy) is 1. The number of aromatic amines is 1. The smallest absolute Gasteiger partial charge is 0.255 e. The number of methoxy groups -OCH3 is 1. The van der Waals surface area contributed by atoms with Gasteiger partial charge in [-0.1, -0.05) is 37.7 Å². The van der Waals surface area contributed by atoms with Crippen LogP contribution in [-0.4, -0.2) is 22.9 Å². The van der Waals surface area contributed by atoms with E-state index in [4.69, 9.17) is 4.74 Å². The molecule has 1 N–H and O–H groups in total. The van der Waals surface area contributed by atoms with Crippen LogP contribution >= 0.6 is 11.8 Å². The molecule has 1 aromatic heterocycles. The fraction of sp³-hybridized carbons (Fsp3) is 0.227. The minimum atomic E-state index is -0.430. The largest absolute Gasteiger partial charge is 0.497 e. The number of nitrogens with one attached hydrogen (secondary N) is 1. The monoisotopic (exact) mass is 412 g/mol. The maximum absolute atomic E-state index is 13.2. The Morgan fingerprint density at radius 2 is 1.79 bits per heavy atom. The number of thioether (sulfide) groups is 1. The number of halogens is 1. The lowest BCUT2D eigenvalue weighted by molar-refractivity contribution is 0.103. The molecule has 0 radical (unpaired) electrons. The van der Waals surface area contributed by atoms with Gasteiger partial charge < -0.3 is 9.72 Å². The van der Waals surface area contributed by atoms with Crippen molar-refractivity contribution in [2.24, 2.45) is 0 Å². The van der Waals surface area contributed by atoms with Gasteiger partial charge >= 0.3 is 0 Å². The van der Waals surface area contributed by atoms with Gasteiger partial charge in [0.15, 0.2) is 5.16 Å². The number of hydrogen-bond acceptors (Lipinski definition) is 5. The van der Waals surface area contributed by atoms with Crippen LogP contribution in [0.15, 0.2) is 58.5 Å². The Morgan fingerprint density at radius 1 is 1.14 bits per heavy atom. The molecular weight excluding hydrogens is 391 g/mol. The molecule has 0 amide bonds. The van der Waals surface area contributed by atoms with Crippen LogP contribution in [0, 0.1) is 5.82 Å². The summed E-state index contributed by atoms with van der Waals surface area (Å²) in [6.45, 7) is 3.66. The number of hydrogen-bond donors (Lipinski definition) is 1. The second-order valence-electron chi connectivity index (χ2n) is 6.76. The molecule has 1 heterocycles. The lowest BCUT2D eigenvalue weighted by Crippen LogP contribution is -2.23. The van der Waals surface area contributed by atoms with E-state index in [1.54, 1.807) is 7.11 Å². The summed E-state index contributed by atoms with van der Waals surface area (Å²) < 4.78 is 18.4. The van der Waals surface area contributed by atoms with Gasteiger partial charge in [-0.25, -0.2) is 9.37 Å². The highest BCUT2D eigenvalue weighted by Crippen LogP contribution is 2.24. The van der Waals surface area contributed by atoms with Gasteiger partial charge in [0.1, 0.15) is 17.3 Å². The van der Waals surface area contributed by atoms with E-state index in [0.29, 0.717) is 16.5 Å². The van der Waals surface area contributed by atoms with Crippen molar-refractivity contribution in [3.8, 4) is 5.75 Å². The van der Waals surface area contributed by atoms with Gasteiger partial charge in [0, 0.05) is 16.9 Å². The lowest BCUT2D eigenvalue weighted by Gasteiger charge is -2.12. The third-order valence-corrected chi connectivity index (χ3v) is 5.31. The SMILES string of the molecule is COc1ccc(CSc2nc(C(=O)c3ccc(F)cc3)c(C(C)C)c(=O)[nH]2)cc1. The molecule has 5 nitrogen and oxygen atoms in total. The van der Waals surface area contributed by atoms with Gasteiger partial charge in [-0.05, 0) is 47.9 Å². The molecule has 0 aliphatic rings. The van der Waals surface area contributed by atoms with Crippen LogP contribution < -0.4 is 10.3 Å². The first-order chi connectivity index (χ1) is 13.9. The Labute approximate surface area is 172 Å². The van der Waals surface area contributed by atoms with Crippen molar-refractivity contribution in [2.75, 3.05) is 7.11 Å². The summed E-state index contributed by atoms with van der Waals surface area (Å²) in [6.07, 6.45) is 0. The minimum absolute atomic E-state index is 0.104. The summed E-state index contributed by atoms with van der Waals surface area (Å²) in [5.74, 6) is 0.314. The zero-order valence-electron chi connectivity index (χ0n) is 16.4. The minimum Gasteiger partial charge on any atom is -0.497 e. The third kappa shape index (κ3) is 4.92. The Morgan fingerprint density at radius 3 is 2.38 bits per heavy atom. The van der Waals surface area contributed by atoms with Gasteiger partial charge in [-0.15, -0.1) is 0 Å². The number of carbonyl (C=O) groups excluding carboxylic acids is 1. The summed E-state index contributed by atoms with van der Waals surface area (Å²) >= 11 is 1.33. The second-order valence-corrected chi connectivity index (χ2v) is 7.72. The molecule has 3 aromatic rings. The molecule has 0 unspecified atom stereocenters. The zero-order valence-corrected chi connectivity index (χ0v) is 17.2. The van der Waals surface area contributed by atoms with E-state index >= 15 is 0 Å². The van der Waals surface area contributed by atoms with Crippen LogP contribution in [0.5, 0.6) is 5.75 Å². The number of rotatable bonds is 7. The van der Waals surface area contributed by atoms with E-state index < -0.39 is 11.6 Å². The summed E-state index contributed by atoms with van der Waals surface area (Å²) in [4.78, 5) is 32.8. The Hall–Kier alpha value is -2.93. The lowest BCUT2D eigenvalue weighted by atomic mass is 9.97. The number of carbonyl (C=O) groups is 1. The Bertz CT molecular complexity index is 1060. The number of nitrogens with zero attached hydrogens (tertiary/aromatic N) is 1. The molecule has 0 spiro atoms. The molecular formula is C22H21FN2O3S. The standard InChI is InChI=1S/C22H21FN2O3S/c1-13(2)18-19(20(26)15-6-8-16(23)9-7-15)24-22(25-21(18)27)29-12-14-4-10-17(28-3)11-5-14/h4-11,13H,12H2,1-3H3,(H,24,25,27). The van der Waals surface area contributed by atoms with E-state index in [1.807, 2.05) is 38.1 Å². The van der Waals surface area contributed by atoms with E-state index in [-0.39, 0.29) is 22.7 Å². The van der Waals surface area contributed by atoms with Gasteiger partial charge in [0.25, 0.3) is 5.56 Å². The average Bonchev–Trinajstić information content (AvgIpc) is 2.72. The second kappa shape index (κ2) is 9.05. The Kier molecular flexibility index (Phi) is 6.49. The predicted octanol–water partition coefficient (Wildman–Crippen LogP) is 4.56. The molecule has 29 heavy (non-hydrogen) atoms. The molecule has 0 bridgehead atoms. The normalized spacial score (nSPS) is 10.9.